The van der Waals surface area contributed by atoms with Crippen molar-refractivity contribution < 1.29 is 18.0 Å². The van der Waals surface area contributed by atoms with Gasteiger partial charge in [0.2, 0.25) is 0 Å². The van der Waals surface area contributed by atoms with Crippen LogP contribution in [0.15, 0.2) is 29.2 Å². The monoisotopic (exact) mass is 316 g/mol. The van der Waals surface area contributed by atoms with Crippen molar-refractivity contribution in [3.63, 3.8) is 0 Å². The van der Waals surface area contributed by atoms with Crippen LogP contribution in [-0.2, 0) is 14.8 Å². The first-order valence-electron chi connectivity index (χ1n) is 5.10. The third kappa shape index (κ3) is 4.42. The summed E-state index contributed by atoms with van der Waals surface area (Å²) >= 11 is 5.70. The molecule has 10 heteroatoms. The molecule has 1 rings (SSSR count). The Labute approximate surface area is 119 Å². The van der Waals surface area contributed by atoms with Gasteiger partial charge in [0.1, 0.15) is 11.3 Å². The second-order valence-corrected chi connectivity index (χ2v) is 5.43. The number of hydrazine groups is 1. The summed E-state index contributed by atoms with van der Waals surface area (Å²) in [5, 5.41) is 8.16. The van der Waals surface area contributed by atoms with Crippen molar-refractivity contribution in [2.24, 2.45) is 0 Å². The van der Waals surface area contributed by atoms with Crippen LogP contribution < -0.4 is 15.6 Å². The van der Waals surface area contributed by atoms with Gasteiger partial charge in [-0.1, -0.05) is 23.7 Å². The van der Waals surface area contributed by atoms with Crippen LogP contribution in [0.4, 0.5) is 4.79 Å². The van der Waals surface area contributed by atoms with Crippen LogP contribution in [0.5, 0.6) is 0 Å². The average Bonchev–Trinajstić information content (AvgIpc) is 2.36. The molecule has 0 spiro atoms. The zero-order valence-corrected chi connectivity index (χ0v) is 11.5. The van der Waals surface area contributed by atoms with E-state index >= 15 is 0 Å². The SMILES string of the molecule is N#CCC(=O)NNC(=O)NS(=O)(=O)c1ccccc1Cl. The second-order valence-electron chi connectivity index (χ2n) is 3.37. The molecule has 0 saturated carbocycles. The summed E-state index contributed by atoms with van der Waals surface area (Å²) in [4.78, 5) is 21.9. The number of sulfonamides is 1. The van der Waals surface area contributed by atoms with Crippen LogP contribution in [0.25, 0.3) is 0 Å². The third-order valence-corrected chi connectivity index (χ3v) is 3.74. The Morgan fingerprint density at radius 1 is 1.25 bits per heavy atom. The van der Waals surface area contributed by atoms with Crippen molar-refractivity contribution in [3.8, 4) is 6.07 Å². The molecule has 0 aromatic heterocycles. The van der Waals surface area contributed by atoms with Crippen molar-refractivity contribution in [1.29, 1.82) is 5.26 Å². The van der Waals surface area contributed by atoms with Crippen molar-refractivity contribution in [2.75, 3.05) is 0 Å². The van der Waals surface area contributed by atoms with Crippen LogP contribution in [-0.4, -0.2) is 20.4 Å². The van der Waals surface area contributed by atoms with Gasteiger partial charge in [-0.05, 0) is 12.1 Å². The minimum atomic E-state index is -4.16. The fraction of sp³-hybridized carbons (Fsp3) is 0.100. The standard InChI is InChI=1S/C10H9ClN4O4S/c11-7-3-1-2-4-8(7)20(18,19)15-10(17)14-13-9(16)5-6-12/h1-4H,5H2,(H,13,16)(H2,14,15,17). The highest BCUT2D eigenvalue weighted by atomic mass is 35.5. The molecule has 0 aliphatic rings. The Morgan fingerprint density at radius 3 is 2.50 bits per heavy atom. The number of carbonyl (C=O) groups excluding carboxylic acids is 2. The number of rotatable bonds is 3. The molecule has 1 aromatic carbocycles. The van der Waals surface area contributed by atoms with Gasteiger partial charge in [0.15, 0.2) is 0 Å². The van der Waals surface area contributed by atoms with E-state index in [0.717, 1.165) is 0 Å². The number of urea groups is 1. The molecule has 3 amide bonds. The van der Waals surface area contributed by atoms with Crippen LogP contribution >= 0.6 is 11.6 Å². The maximum Gasteiger partial charge on any atom is 0.347 e. The van der Waals surface area contributed by atoms with Gasteiger partial charge in [-0.3, -0.25) is 10.2 Å². The molecule has 1 aromatic rings. The number of hydrogen-bond acceptors (Lipinski definition) is 5. The first-order valence-corrected chi connectivity index (χ1v) is 6.96. The van der Waals surface area contributed by atoms with Gasteiger partial charge in [0, 0.05) is 0 Å². The number of nitrogens with one attached hydrogen (secondary N) is 3. The topological polar surface area (TPSA) is 128 Å². The highest BCUT2D eigenvalue weighted by Gasteiger charge is 2.20. The number of halogens is 1. The second kappa shape index (κ2) is 6.74. The molecular weight excluding hydrogens is 308 g/mol. The molecule has 0 radical (unpaired) electrons. The largest absolute Gasteiger partial charge is 0.347 e. The number of carbonyl (C=O) groups is 2. The molecule has 3 N–H and O–H groups in total. The molecular formula is C10H9ClN4O4S. The van der Waals surface area contributed by atoms with E-state index < -0.39 is 28.4 Å². The molecule has 0 aliphatic heterocycles. The van der Waals surface area contributed by atoms with Gasteiger partial charge in [-0.15, -0.1) is 0 Å². The maximum atomic E-state index is 11.8. The van der Waals surface area contributed by atoms with Crippen molar-refractivity contribution in [2.45, 2.75) is 11.3 Å². The predicted molar refractivity (Wildman–Crippen MR) is 68.7 cm³/mol. The number of benzene rings is 1. The van der Waals surface area contributed by atoms with Crippen LogP contribution in [0, 0.1) is 11.3 Å². The van der Waals surface area contributed by atoms with E-state index in [4.69, 9.17) is 16.9 Å². The molecule has 106 valence electrons. The molecule has 0 aliphatic carbocycles. The van der Waals surface area contributed by atoms with Crippen LogP contribution in [0.2, 0.25) is 5.02 Å². The molecule has 0 heterocycles. The number of hydrogen-bond donors (Lipinski definition) is 3. The zero-order valence-electron chi connectivity index (χ0n) is 9.88. The summed E-state index contributed by atoms with van der Waals surface area (Å²) in [6.45, 7) is 0. The van der Waals surface area contributed by atoms with Crippen molar-refractivity contribution >= 4 is 33.6 Å². The summed E-state index contributed by atoms with van der Waals surface area (Å²) in [7, 11) is -4.16. The summed E-state index contributed by atoms with van der Waals surface area (Å²) in [6.07, 6.45) is -0.475. The number of nitriles is 1. The highest BCUT2D eigenvalue weighted by Crippen LogP contribution is 2.19. The summed E-state index contributed by atoms with van der Waals surface area (Å²) < 4.78 is 25.3. The molecule has 0 unspecified atom stereocenters. The summed E-state index contributed by atoms with van der Waals surface area (Å²) in [6, 6.07) is 5.90. The lowest BCUT2D eigenvalue weighted by Gasteiger charge is -2.09. The van der Waals surface area contributed by atoms with Crippen molar-refractivity contribution in [1.82, 2.24) is 15.6 Å². The lowest BCUT2D eigenvalue weighted by atomic mass is 10.4. The Morgan fingerprint density at radius 2 is 1.90 bits per heavy atom. The summed E-state index contributed by atoms with van der Waals surface area (Å²) in [5.74, 6) is -0.780. The third-order valence-electron chi connectivity index (χ3n) is 1.91. The lowest BCUT2D eigenvalue weighted by Crippen LogP contribution is -2.48. The average molecular weight is 317 g/mol. The predicted octanol–water partition coefficient (Wildman–Crippen LogP) is 0.273. The zero-order chi connectivity index (χ0) is 15.2. The smallest absolute Gasteiger partial charge is 0.272 e. The van der Waals surface area contributed by atoms with Gasteiger partial charge in [0.05, 0.1) is 11.1 Å². The first kappa shape index (κ1) is 15.7. The van der Waals surface area contributed by atoms with E-state index in [-0.39, 0.29) is 9.92 Å². The fourth-order valence-corrected chi connectivity index (χ4v) is 2.54. The molecule has 0 atom stereocenters. The van der Waals surface area contributed by atoms with Gasteiger partial charge >= 0.3 is 6.03 Å². The molecule has 0 saturated heterocycles. The Bertz CT molecular complexity index is 668. The van der Waals surface area contributed by atoms with E-state index in [0.29, 0.717) is 0 Å². The quantitative estimate of drug-likeness (QED) is 0.690. The van der Waals surface area contributed by atoms with Gasteiger partial charge in [-0.25, -0.2) is 23.4 Å². The van der Waals surface area contributed by atoms with E-state index in [2.05, 4.69) is 0 Å². The van der Waals surface area contributed by atoms with E-state index in [9.17, 15) is 18.0 Å². The summed E-state index contributed by atoms with van der Waals surface area (Å²) in [5.41, 5.74) is 3.64. The molecule has 0 bridgehead atoms. The molecule has 0 fully saturated rings. The maximum absolute atomic E-state index is 11.8. The van der Waals surface area contributed by atoms with E-state index in [1.54, 1.807) is 16.2 Å². The van der Waals surface area contributed by atoms with Crippen molar-refractivity contribution in [3.05, 3.63) is 29.3 Å². The normalized spacial score (nSPS) is 10.2. The minimum absolute atomic E-state index is 0.0543. The van der Waals surface area contributed by atoms with E-state index in [1.807, 2.05) is 5.43 Å². The van der Waals surface area contributed by atoms with Crippen LogP contribution in [0.1, 0.15) is 6.42 Å². The fourth-order valence-electron chi connectivity index (χ4n) is 1.11. The highest BCUT2D eigenvalue weighted by molar-refractivity contribution is 7.90. The minimum Gasteiger partial charge on any atom is -0.272 e. The van der Waals surface area contributed by atoms with Gasteiger partial charge in [-0.2, -0.15) is 5.26 Å². The Hall–Kier alpha value is -2.31. The molecule has 20 heavy (non-hydrogen) atoms. The van der Waals surface area contributed by atoms with Gasteiger partial charge in [0.25, 0.3) is 15.9 Å². The molecule has 8 nitrogen and oxygen atoms in total. The number of amides is 3. The van der Waals surface area contributed by atoms with Gasteiger partial charge < -0.3 is 0 Å². The number of nitrogens with zero attached hydrogens (tertiary/aromatic N) is 1. The van der Waals surface area contributed by atoms with Crippen LogP contribution in [0.3, 0.4) is 0 Å². The Kier molecular flexibility index (Phi) is 5.31. The first-order chi connectivity index (χ1) is 9.36. The lowest BCUT2D eigenvalue weighted by molar-refractivity contribution is -0.120. The Balaban J connectivity index is 2.69. The van der Waals surface area contributed by atoms with E-state index in [1.165, 1.54) is 24.3 Å².